The molecule has 2 nitrogen and oxygen atoms in total. The summed E-state index contributed by atoms with van der Waals surface area (Å²) in [5.41, 5.74) is 2.88. The first-order valence-electron chi connectivity index (χ1n) is 6.60. The van der Waals surface area contributed by atoms with Gasteiger partial charge in [0.25, 0.3) is 0 Å². The topological polar surface area (TPSA) is 23.5 Å². The van der Waals surface area contributed by atoms with Crippen LogP contribution in [-0.4, -0.2) is 11.7 Å². The van der Waals surface area contributed by atoms with Gasteiger partial charge in [-0.15, -0.1) is 0 Å². The van der Waals surface area contributed by atoms with Crippen molar-refractivity contribution >= 4 is 17.3 Å². The Kier molecular flexibility index (Phi) is 3.64. The third-order valence-corrected chi connectivity index (χ3v) is 4.16. The van der Waals surface area contributed by atoms with Gasteiger partial charge in [0.15, 0.2) is 0 Å². The molecule has 1 fully saturated rings. The Morgan fingerprint density at radius 1 is 1.20 bits per heavy atom. The van der Waals surface area contributed by atoms with E-state index in [0.29, 0.717) is 5.02 Å². The van der Waals surface area contributed by atoms with E-state index in [2.05, 4.69) is 4.90 Å². The van der Waals surface area contributed by atoms with E-state index in [-0.39, 0.29) is 18.5 Å². The molecule has 2 aromatic rings. The fraction of sp³-hybridized carbons (Fsp3) is 0.250. The number of anilines is 1. The highest BCUT2D eigenvalue weighted by Gasteiger charge is 2.29. The number of nitrogens with zero attached hydrogens (tertiary/aromatic N) is 1. The van der Waals surface area contributed by atoms with E-state index in [0.717, 1.165) is 29.8 Å². The van der Waals surface area contributed by atoms with Gasteiger partial charge in [-0.3, -0.25) is 0 Å². The van der Waals surface area contributed by atoms with E-state index in [4.69, 9.17) is 16.7 Å². The quantitative estimate of drug-likeness (QED) is 0.926. The maximum Gasteiger partial charge on any atom is 0.123 e. The molecule has 1 aliphatic heterocycles. The summed E-state index contributed by atoms with van der Waals surface area (Å²) in [4.78, 5) is 2.24. The van der Waals surface area contributed by atoms with E-state index in [1.54, 1.807) is 0 Å². The lowest BCUT2D eigenvalue weighted by atomic mass is 9.93. The van der Waals surface area contributed by atoms with E-state index in [9.17, 15) is 4.39 Å². The molecule has 4 heteroatoms. The summed E-state index contributed by atoms with van der Waals surface area (Å²) in [7, 11) is 0. The predicted molar refractivity (Wildman–Crippen MR) is 78.5 cm³/mol. The Balaban J connectivity index is 1.84. The molecule has 0 saturated carbocycles. The zero-order valence-corrected chi connectivity index (χ0v) is 11.6. The van der Waals surface area contributed by atoms with Gasteiger partial charge in [0, 0.05) is 17.3 Å². The molecule has 1 heterocycles. The van der Waals surface area contributed by atoms with Crippen LogP contribution < -0.4 is 4.90 Å². The SMILES string of the molecule is OCc1ccc(N2CCC2c2ccc(F)cc2)cc1Cl. The van der Waals surface area contributed by atoms with Crippen LogP contribution in [0.15, 0.2) is 42.5 Å². The van der Waals surface area contributed by atoms with Crippen LogP contribution in [0.25, 0.3) is 0 Å². The lowest BCUT2D eigenvalue weighted by molar-refractivity contribution is 0.282. The molecule has 1 atom stereocenters. The Hall–Kier alpha value is -1.58. The summed E-state index contributed by atoms with van der Waals surface area (Å²) in [5.74, 6) is -0.213. The van der Waals surface area contributed by atoms with Crippen LogP contribution in [0, 0.1) is 5.82 Å². The Bertz CT molecular complexity index is 614. The number of hydrogen-bond donors (Lipinski definition) is 1. The maximum atomic E-state index is 13.0. The van der Waals surface area contributed by atoms with Crippen molar-refractivity contribution in [2.75, 3.05) is 11.4 Å². The third-order valence-electron chi connectivity index (χ3n) is 3.81. The maximum absolute atomic E-state index is 13.0. The number of aliphatic hydroxyl groups is 1. The van der Waals surface area contributed by atoms with Crippen molar-refractivity contribution in [2.45, 2.75) is 19.1 Å². The smallest absolute Gasteiger partial charge is 0.123 e. The highest BCUT2D eigenvalue weighted by atomic mass is 35.5. The first-order valence-corrected chi connectivity index (χ1v) is 6.98. The monoisotopic (exact) mass is 291 g/mol. The van der Waals surface area contributed by atoms with Gasteiger partial charge in [-0.2, -0.15) is 0 Å². The van der Waals surface area contributed by atoms with Crippen molar-refractivity contribution in [1.29, 1.82) is 0 Å². The van der Waals surface area contributed by atoms with E-state index >= 15 is 0 Å². The number of aliphatic hydroxyl groups excluding tert-OH is 1. The summed E-state index contributed by atoms with van der Waals surface area (Å²) in [6.45, 7) is 0.900. The Morgan fingerprint density at radius 3 is 2.50 bits per heavy atom. The second-order valence-corrected chi connectivity index (χ2v) is 5.39. The molecule has 2 aromatic carbocycles. The van der Waals surface area contributed by atoms with Crippen LogP contribution in [0.5, 0.6) is 0 Å². The molecule has 1 saturated heterocycles. The first-order chi connectivity index (χ1) is 9.69. The molecule has 0 amide bonds. The van der Waals surface area contributed by atoms with Crippen LogP contribution in [0.2, 0.25) is 5.02 Å². The first kappa shape index (κ1) is 13.4. The summed E-state index contributed by atoms with van der Waals surface area (Å²) in [6, 6.07) is 12.6. The van der Waals surface area contributed by atoms with Crippen LogP contribution in [0.1, 0.15) is 23.6 Å². The predicted octanol–water partition coefficient (Wildman–Crippen LogP) is 3.92. The molecule has 1 unspecified atom stereocenters. The molecule has 0 spiro atoms. The molecule has 0 radical (unpaired) electrons. The van der Waals surface area contributed by atoms with Gasteiger partial charge in [-0.25, -0.2) is 4.39 Å². The molecule has 1 aliphatic rings. The van der Waals surface area contributed by atoms with Gasteiger partial charge in [0.2, 0.25) is 0 Å². The standard InChI is InChI=1S/C16H15ClFNO/c17-15-9-14(6-3-12(15)10-20)19-8-7-16(19)11-1-4-13(18)5-2-11/h1-6,9,16,20H,7-8,10H2. The summed E-state index contributed by atoms with van der Waals surface area (Å²) in [6.07, 6.45) is 1.05. The minimum atomic E-state index is -0.213. The number of hydrogen-bond acceptors (Lipinski definition) is 2. The van der Waals surface area contributed by atoms with Crippen molar-refractivity contribution < 1.29 is 9.50 Å². The molecule has 3 rings (SSSR count). The minimum Gasteiger partial charge on any atom is -0.392 e. The van der Waals surface area contributed by atoms with Crippen molar-refractivity contribution in [3.63, 3.8) is 0 Å². The Labute approximate surface area is 122 Å². The Morgan fingerprint density at radius 2 is 1.95 bits per heavy atom. The second kappa shape index (κ2) is 5.43. The molecule has 0 bridgehead atoms. The van der Waals surface area contributed by atoms with E-state index in [1.165, 1.54) is 12.1 Å². The summed E-state index contributed by atoms with van der Waals surface area (Å²) >= 11 is 6.13. The minimum absolute atomic E-state index is 0.0551. The van der Waals surface area contributed by atoms with Crippen molar-refractivity contribution in [1.82, 2.24) is 0 Å². The number of benzene rings is 2. The van der Waals surface area contributed by atoms with Gasteiger partial charge < -0.3 is 10.0 Å². The average Bonchev–Trinajstić information content (AvgIpc) is 2.40. The fourth-order valence-corrected chi connectivity index (χ4v) is 2.81. The van der Waals surface area contributed by atoms with Crippen LogP contribution >= 0.6 is 11.6 Å². The van der Waals surface area contributed by atoms with Gasteiger partial charge in [-0.1, -0.05) is 29.8 Å². The molecular formula is C16H15ClFNO. The van der Waals surface area contributed by atoms with Crippen LogP contribution in [0.4, 0.5) is 10.1 Å². The molecule has 20 heavy (non-hydrogen) atoms. The van der Waals surface area contributed by atoms with Crippen molar-refractivity contribution in [3.8, 4) is 0 Å². The van der Waals surface area contributed by atoms with Gasteiger partial charge in [0.05, 0.1) is 12.6 Å². The summed E-state index contributed by atoms with van der Waals surface area (Å²) in [5, 5.41) is 9.72. The largest absolute Gasteiger partial charge is 0.392 e. The summed E-state index contributed by atoms with van der Waals surface area (Å²) < 4.78 is 13.0. The van der Waals surface area contributed by atoms with Gasteiger partial charge in [0.1, 0.15) is 5.82 Å². The van der Waals surface area contributed by atoms with Gasteiger partial charge in [-0.05, 0) is 41.8 Å². The zero-order valence-electron chi connectivity index (χ0n) is 10.9. The fourth-order valence-electron chi connectivity index (χ4n) is 2.57. The normalized spacial score (nSPS) is 17.9. The van der Waals surface area contributed by atoms with Gasteiger partial charge >= 0.3 is 0 Å². The highest BCUT2D eigenvalue weighted by molar-refractivity contribution is 6.31. The van der Waals surface area contributed by atoms with Crippen LogP contribution in [0.3, 0.4) is 0 Å². The average molecular weight is 292 g/mol. The van der Waals surface area contributed by atoms with Crippen molar-refractivity contribution in [2.24, 2.45) is 0 Å². The van der Waals surface area contributed by atoms with Crippen LogP contribution in [-0.2, 0) is 6.61 Å². The number of halogens is 2. The van der Waals surface area contributed by atoms with Crippen molar-refractivity contribution in [3.05, 3.63) is 64.4 Å². The highest BCUT2D eigenvalue weighted by Crippen LogP contribution is 2.38. The lowest BCUT2D eigenvalue weighted by Crippen LogP contribution is -2.40. The van der Waals surface area contributed by atoms with E-state index in [1.807, 2.05) is 30.3 Å². The molecule has 0 aliphatic carbocycles. The molecule has 0 aromatic heterocycles. The zero-order chi connectivity index (χ0) is 14.1. The molecular weight excluding hydrogens is 277 g/mol. The van der Waals surface area contributed by atoms with E-state index < -0.39 is 0 Å². The molecule has 1 N–H and O–H groups in total. The third kappa shape index (κ3) is 2.39. The number of rotatable bonds is 3. The molecule has 104 valence electrons. The second-order valence-electron chi connectivity index (χ2n) is 4.98. The lowest BCUT2D eigenvalue weighted by Gasteiger charge is -2.43.